The van der Waals surface area contributed by atoms with Crippen molar-refractivity contribution >= 4 is 34.5 Å². The van der Waals surface area contributed by atoms with Gasteiger partial charge in [0.1, 0.15) is 5.82 Å². The Morgan fingerprint density at radius 1 is 1.00 bits per heavy atom. The van der Waals surface area contributed by atoms with Crippen LogP contribution in [0.25, 0.3) is 16.4 Å². The normalized spacial score (nSPS) is 13.0. The van der Waals surface area contributed by atoms with E-state index in [0.29, 0.717) is 22.9 Å². The lowest BCUT2D eigenvalue weighted by Gasteiger charge is -2.06. The molecular weight excluding hydrogens is 429 g/mol. The first-order valence-corrected chi connectivity index (χ1v) is 10.9. The first-order chi connectivity index (χ1) is 15.6. The Hall–Kier alpha value is -3.85. The van der Waals surface area contributed by atoms with Gasteiger partial charge in [0.05, 0.1) is 10.6 Å². The number of carbonyl (C=O) groups excluding carboxylic acids is 2. The van der Waals surface area contributed by atoms with Gasteiger partial charge in [-0.25, -0.2) is 14.1 Å². The summed E-state index contributed by atoms with van der Waals surface area (Å²) < 4.78 is 15.2. The fourth-order valence-corrected chi connectivity index (χ4v) is 3.87. The van der Waals surface area contributed by atoms with Gasteiger partial charge in [-0.2, -0.15) is 0 Å². The molecule has 0 spiro atoms. The number of nitrogens with zero attached hydrogens (tertiary/aromatic N) is 3. The molecule has 2 amide bonds. The maximum atomic E-state index is 13.8. The first-order valence-electron chi connectivity index (χ1n) is 10.1. The molecule has 2 heterocycles. The first kappa shape index (κ1) is 20.1. The van der Waals surface area contributed by atoms with Crippen LogP contribution in [0.1, 0.15) is 23.5 Å². The van der Waals surface area contributed by atoms with Gasteiger partial charge in [-0.05, 0) is 66.8 Å². The van der Waals surface area contributed by atoms with Gasteiger partial charge >= 0.3 is 0 Å². The summed E-state index contributed by atoms with van der Waals surface area (Å²) in [5, 5.41) is 11.8. The van der Waals surface area contributed by atoms with Gasteiger partial charge in [-0.15, -0.1) is 16.4 Å². The highest BCUT2D eigenvalue weighted by Gasteiger charge is 2.29. The van der Waals surface area contributed by atoms with Gasteiger partial charge < -0.3 is 10.6 Å². The topological polar surface area (TPSA) is 88.9 Å². The number of hydrogen-bond acceptors (Lipinski definition) is 5. The summed E-state index contributed by atoms with van der Waals surface area (Å²) in [6.45, 7) is 0. The van der Waals surface area contributed by atoms with E-state index in [2.05, 4.69) is 20.7 Å². The number of aromatic nitrogens is 3. The van der Waals surface area contributed by atoms with Crippen molar-refractivity contribution in [2.24, 2.45) is 5.92 Å². The van der Waals surface area contributed by atoms with Crippen molar-refractivity contribution < 1.29 is 14.0 Å². The van der Waals surface area contributed by atoms with Crippen molar-refractivity contribution in [3.05, 3.63) is 77.7 Å². The number of thiophene rings is 1. The molecular formula is C23H18FN5O2S. The molecule has 2 N–H and O–H groups in total. The van der Waals surface area contributed by atoms with Crippen LogP contribution in [0.2, 0.25) is 0 Å². The second-order valence-electron chi connectivity index (χ2n) is 7.42. The van der Waals surface area contributed by atoms with Crippen LogP contribution in [0, 0.1) is 11.7 Å². The summed E-state index contributed by atoms with van der Waals surface area (Å²) >= 11 is 1.45. The second kappa shape index (κ2) is 8.35. The number of anilines is 2. The summed E-state index contributed by atoms with van der Waals surface area (Å²) in [6.07, 6.45) is 1.87. The molecule has 9 heteroatoms. The van der Waals surface area contributed by atoms with E-state index in [4.69, 9.17) is 0 Å². The van der Waals surface area contributed by atoms with Gasteiger partial charge in [0.25, 0.3) is 5.91 Å². The molecule has 0 radical (unpaired) electrons. The number of nitrogens with one attached hydrogen (secondary N) is 2. The van der Waals surface area contributed by atoms with E-state index in [-0.39, 0.29) is 17.6 Å². The molecule has 0 saturated heterocycles. The van der Waals surface area contributed by atoms with Crippen LogP contribution in [0.15, 0.2) is 66.0 Å². The fourth-order valence-electron chi connectivity index (χ4n) is 3.18. The summed E-state index contributed by atoms with van der Waals surface area (Å²) in [7, 11) is 0. The number of benzene rings is 2. The second-order valence-corrected chi connectivity index (χ2v) is 8.37. The standard InChI is InChI=1S/C23H18FN5O2S/c24-15-3-1-4-18(13-15)29-21(19-5-2-12-32-19)27-20(28-29)23(31)26-17-10-8-16(9-11-17)25-22(30)14-6-7-14/h1-5,8-14H,6-7H2,(H,25,30)(H,26,31). The third-order valence-electron chi connectivity index (χ3n) is 4.96. The molecule has 0 atom stereocenters. The van der Waals surface area contributed by atoms with E-state index in [1.807, 2.05) is 17.5 Å². The van der Waals surface area contributed by atoms with Crippen molar-refractivity contribution in [3.8, 4) is 16.4 Å². The third kappa shape index (κ3) is 4.28. The Kier molecular flexibility index (Phi) is 5.24. The Labute approximate surface area is 186 Å². The average molecular weight is 447 g/mol. The Balaban J connectivity index is 1.37. The number of amides is 2. The maximum Gasteiger partial charge on any atom is 0.295 e. The highest BCUT2D eigenvalue weighted by molar-refractivity contribution is 7.13. The van der Waals surface area contributed by atoms with Crippen molar-refractivity contribution in [1.82, 2.24) is 14.8 Å². The minimum Gasteiger partial charge on any atom is -0.326 e. The molecule has 2 aromatic heterocycles. The molecule has 5 rings (SSSR count). The number of rotatable bonds is 6. The lowest BCUT2D eigenvalue weighted by molar-refractivity contribution is -0.117. The molecule has 32 heavy (non-hydrogen) atoms. The third-order valence-corrected chi connectivity index (χ3v) is 5.83. The molecule has 1 fully saturated rings. The summed E-state index contributed by atoms with van der Waals surface area (Å²) in [4.78, 5) is 29.9. The molecule has 4 aromatic rings. The molecule has 0 aliphatic heterocycles. The number of carbonyl (C=O) groups is 2. The lowest BCUT2D eigenvalue weighted by Crippen LogP contribution is -2.15. The van der Waals surface area contributed by atoms with Gasteiger partial charge in [0.2, 0.25) is 11.7 Å². The van der Waals surface area contributed by atoms with Crippen LogP contribution in [0.3, 0.4) is 0 Å². The molecule has 7 nitrogen and oxygen atoms in total. The highest BCUT2D eigenvalue weighted by atomic mass is 32.1. The van der Waals surface area contributed by atoms with Gasteiger partial charge in [0.15, 0.2) is 5.82 Å². The zero-order valence-electron chi connectivity index (χ0n) is 16.8. The fraction of sp³-hybridized carbons (Fsp3) is 0.130. The van der Waals surface area contributed by atoms with Crippen LogP contribution in [-0.4, -0.2) is 26.6 Å². The molecule has 160 valence electrons. The molecule has 1 aliphatic carbocycles. The van der Waals surface area contributed by atoms with Crippen molar-refractivity contribution in [2.45, 2.75) is 12.8 Å². The monoisotopic (exact) mass is 447 g/mol. The van der Waals surface area contributed by atoms with Crippen LogP contribution in [-0.2, 0) is 4.79 Å². The molecule has 2 aromatic carbocycles. The van der Waals surface area contributed by atoms with Gasteiger partial charge in [-0.1, -0.05) is 12.1 Å². The van der Waals surface area contributed by atoms with Crippen molar-refractivity contribution in [3.63, 3.8) is 0 Å². The number of hydrogen-bond donors (Lipinski definition) is 2. The van der Waals surface area contributed by atoms with Crippen LogP contribution in [0.4, 0.5) is 15.8 Å². The van der Waals surface area contributed by atoms with E-state index < -0.39 is 11.7 Å². The molecule has 0 unspecified atom stereocenters. The van der Waals surface area contributed by atoms with E-state index in [0.717, 1.165) is 17.7 Å². The summed E-state index contributed by atoms with van der Waals surface area (Å²) in [5.41, 5.74) is 1.68. The van der Waals surface area contributed by atoms with Crippen LogP contribution >= 0.6 is 11.3 Å². The minimum absolute atomic E-state index is 0.0231. The largest absolute Gasteiger partial charge is 0.326 e. The zero-order valence-corrected chi connectivity index (χ0v) is 17.6. The van der Waals surface area contributed by atoms with Crippen molar-refractivity contribution in [2.75, 3.05) is 10.6 Å². The predicted molar refractivity (Wildman–Crippen MR) is 120 cm³/mol. The minimum atomic E-state index is -0.493. The van der Waals surface area contributed by atoms with E-state index in [1.54, 1.807) is 36.4 Å². The molecule has 1 saturated carbocycles. The maximum absolute atomic E-state index is 13.8. The van der Waals surface area contributed by atoms with E-state index in [9.17, 15) is 14.0 Å². The van der Waals surface area contributed by atoms with E-state index >= 15 is 0 Å². The van der Waals surface area contributed by atoms with Crippen molar-refractivity contribution in [1.29, 1.82) is 0 Å². The van der Waals surface area contributed by atoms with Crippen LogP contribution in [0.5, 0.6) is 0 Å². The predicted octanol–water partition coefficient (Wildman–Crippen LogP) is 4.74. The SMILES string of the molecule is O=C(Nc1ccc(NC(=O)C2CC2)cc1)c1nc(-c2cccs2)n(-c2cccc(F)c2)n1. The zero-order chi connectivity index (χ0) is 22.1. The van der Waals surface area contributed by atoms with Gasteiger partial charge in [0, 0.05) is 17.3 Å². The Morgan fingerprint density at radius 3 is 2.41 bits per heavy atom. The quantitative estimate of drug-likeness (QED) is 0.447. The summed E-state index contributed by atoms with van der Waals surface area (Å²) in [6, 6.07) is 16.5. The highest BCUT2D eigenvalue weighted by Crippen LogP contribution is 2.30. The smallest absolute Gasteiger partial charge is 0.295 e. The summed E-state index contributed by atoms with van der Waals surface area (Å²) in [5.74, 6) is -0.346. The van der Waals surface area contributed by atoms with E-state index in [1.165, 1.54) is 28.2 Å². The Bertz CT molecular complexity index is 1280. The van der Waals surface area contributed by atoms with Crippen LogP contribution < -0.4 is 10.6 Å². The van der Waals surface area contributed by atoms with Gasteiger partial charge in [-0.3, -0.25) is 9.59 Å². The Morgan fingerprint density at radius 2 is 1.75 bits per heavy atom. The molecule has 1 aliphatic rings. The average Bonchev–Trinajstić information content (AvgIpc) is 3.32. The lowest BCUT2D eigenvalue weighted by atomic mass is 10.2. The molecule has 0 bridgehead atoms. The number of halogens is 1.